The van der Waals surface area contributed by atoms with Crippen molar-refractivity contribution in [2.45, 2.75) is 37.3 Å². The van der Waals surface area contributed by atoms with E-state index in [9.17, 15) is 0 Å². The highest BCUT2D eigenvalue weighted by Gasteiger charge is 2.43. The molecule has 1 unspecified atom stereocenters. The van der Waals surface area contributed by atoms with Crippen LogP contribution in [0.5, 0.6) is 5.75 Å². The van der Waals surface area contributed by atoms with E-state index in [-0.39, 0.29) is 11.6 Å². The average Bonchev–Trinajstić information content (AvgIpc) is 2.88. The van der Waals surface area contributed by atoms with Crippen LogP contribution in [-0.4, -0.2) is 36.6 Å². The SMILES string of the molecule is COc1cccnc1C(N)C1(N(C)C)CCCC1. The van der Waals surface area contributed by atoms with Crippen molar-refractivity contribution in [3.63, 3.8) is 0 Å². The first-order valence-electron chi connectivity index (χ1n) is 6.54. The van der Waals surface area contributed by atoms with Crippen molar-refractivity contribution >= 4 is 0 Å². The maximum atomic E-state index is 6.53. The monoisotopic (exact) mass is 249 g/mol. The number of methoxy groups -OCH3 is 1. The van der Waals surface area contributed by atoms with Crippen LogP contribution in [0.15, 0.2) is 18.3 Å². The molecule has 18 heavy (non-hydrogen) atoms. The van der Waals surface area contributed by atoms with Gasteiger partial charge < -0.3 is 15.4 Å². The van der Waals surface area contributed by atoms with Crippen LogP contribution in [0, 0.1) is 0 Å². The maximum absolute atomic E-state index is 6.53. The number of nitrogens with two attached hydrogens (primary N) is 1. The Kier molecular flexibility index (Phi) is 3.88. The minimum Gasteiger partial charge on any atom is -0.495 e. The van der Waals surface area contributed by atoms with E-state index in [2.05, 4.69) is 24.0 Å². The average molecular weight is 249 g/mol. The third kappa shape index (κ3) is 2.10. The van der Waals surface area contributed by atoms with Crippen LogP contribution in [0.25, 0.3) is 0 Å². The fourth-order valence-corrected chi connectivity index (χ4v) is 3.09. The van der Waals surface area contributed by atoms with Gasteiger partial charge in [-0.2, -0.15) is 0 Å². The molecule has 0 saturated heterocycles. The van der Waals surface area contributed by atoms with Gasteiger partial charge in [0, 0.05) is 11.7 Å². The van der Waals surface area contributed by atoms with Gasteiger partial charge in [-0.25, -0.2) is 0 Å². The Morgan fingerprint density at radius 2 is 2.06 bits per heavy atom. The van der Waals surface area contributed by atoms with E-state index in [1.165, 1.54) is 12.8 Å². The van der Waals surface area contributed by atoms with Gasteiger partial charge in [0.25, 0.3) is 0 Å². The first-order chi connectivity index (χ1) is 8.62. The predicted octanol–water partition coefficient (Wildman–Crippen LogP) is 1.96. The minimum absolute atomic E-state index is 0.0155. The second-order valence-electron chi connectivity index (χ2n) is 5.27. The number of ether oxygens (including phenoxy) is 1. The molecule has 0 amide bonds. The lowest BCUT2D eigenvalue weighted by molar-refractivity contribution is 0.120. The highest BCUT2D eigenvalue weighted by Crippen LogP contribution is 2.43. The topological polar surface area (TPSA) is 51.4 Å². The standard InChI is InChI=1S/C14H23N3O/c1-17(2)14(8-4-5-9-14)13(15)12-11(18-3)7-6-10-16-12/h6-7,10,13H,4-5,8-9,15H2,1-3H3. The van der Waals surface area contributed by atoms with E-state index in [1.54, 1.807) is 13.3 Å². The third-order valence-electron chi connectivity index (χ3n) is 4.25. The molecule has 0 aliphatic heterocycles. The van der Waals surface area contributed by atoms with Crippen molar-refractivity contribution in [1.29, 1.82) is 0 Å². The van der Waals surface area contributed by atoms with E-state index < -0.39 is 0 Å². The summed E-state index contributed by atoms with van der Waals surface area (Å²) < 4.78 is 5.39. The maximum Gasteiger partial charge on any atom is 0.142 e. The van der Waals surface area contributed by atoms with Crippen molar-refractivity contribution in [3.8, 4) is 5.75 Å². The molecule has 4 heteroatoms. The van der Waals surface area contributed by atoms with Gasteiger partial charge in [-0.1, -0.05) is 12.8 Å². The van der Waals surface area contributed by atoms with Crippen molar-refractivity contribution in [3.05, 3.63) is 24.0 Å². The molecular formula is C14H23N3O. The highest BCUT2D eigenvalue weighted by molar-refractivity contribution is 5.32. The van der Waals surface area contributed by atoms with Crippen molar-refractivity contribution in [2.75, 3.05) is 21.2 Å². The predicted molar refractivity (Wildman–Crippen MR) is 72.6 cm³/mol. The van der Waals surface area contributed by atoms with Crippen LogP contribution < -0.4 is 10.5 Å². The van der Waals surface area contributed by atoms with Crippen LogP contribution in [0.4, 0.5) is 0 Å². The summed E-state index contributed by atoms with van der Waals surface area (Å²) in [6.45, 7) is 0. The number of hydrogen-bond donors (Lipinski definition) is 1. The van der Waals surface area contributed by atoms with E-state index >= 15 is 0 Å². The number of hydrogen-bond acceptors (Lipinski definition) is 4. The molecule has 0 aromatic carbocycles. The van der Waals surface area contributed by atoms with Crippen molar-refractivity contribution in [1.82, 2.24) is 9.88 Å². The summed E-state index contributed by atoms with van der Waals surface area (Å²) in [5.41, 5.74) is 7.41. The number of likely N-dealkylation sites (N-methyl/N-ethyl adjacent to an activating group) is 1. The zero-order valence-electron chi connectivity index (χ0n) is 11.5. The lowest BCUT2D eigenvalue weighted by atomic mass is 9.85. The second kappa shape index (κ2) is 5.24. The molecule has 1 aromatic heterocycles. The summed E-state index contributed by atoms with van der Waals surface area (Å²) in [7, 11) is 5.89. The van der Waals surface area contributed by atoms with Crippen LogP contribution in [0.3, 0.4) is 0 Å². The molecule has 100 valence electrons. The first-order valence-corrected chi connectivity index (χ1v) is 6.54. The molecule has 1 aromatic rings. The minimum atomic E-state index is -0.105. The fourth-order valence-electron chi connectivity index (χ4n) is 3.09. The first kappa shape index (κ1) is 13.3. The molecule has 1 saturated carbocycles. The summed E-state index contributed by atoms with van der Waals surface area (Å²) in [6.07, 6.45) is 6.51. The van der Waals surface area contributed by atoms with Gasteiger partial charge in [0.2, 0.25) is 0 Å². The summed E-state index contributed by atoms with van der Waals surface area (Å²) in [6, 6.07) is 3.71. The van der Waals surface area contributed by atoms with Gasteiger partial charge in [0.05, 0.1) is 13.2 Å². The Hall–Kier alpha value is -1.13. The van der Waals surface area contributed by atoms with Crippen LogP contribution in [-0.2, 0) is 0 Å². The van der Waals surface area contributed by atoms with Crippen molar-refractivity contribution < 1.29 is 4.74 Å². The number of rotatable bonds is 4. The third-order valence-corrected chi connectivity index (χ3v) is 4.25. The molecule has 2 N–H and O–H groups in total. The van der Waals surface area contributed by atoms with Crippen LogP contribution in [0.2, 0.25) is 0 Å². The van der Waals surface area contributed by atoms with Crippen LogP contribution >= 0.6 is 0 Å². The van der Waals surface area contributed by atoms with Gasteiger partial charge in [-0.3, -0.25) is 4.98 Å². The quantitative estimate of drug-likeness (QED) is 0.886. The number of pyridine rings is 1. The molecule has 1 aliphatic carbocycles. The smallest absolute Gasteiger partial charge is 0.142 e. The zero-order valence-corrected chi connectivity index (χ0v) is 11.5. The molecule has 4 nitrogen and oxygen atoms in total. The Balaban J connectivity index is 2.37. The Morgan fingerprint density at radius 1 is 1.39 bits per heavy atom. The Bertz CT molecular complexity index is 400. The normalized spacial score (nSPS) is 20.1. The zero-order chi connectivity index (χ0) is 13.2. The molecule has 1 fully saturated rings. The Labute approximate surface area is 109 Å². The summed E-state index contributed by atoms with van der Waals surface area (Å²) in [5, 5.41) is 0. The molecule has 1 aliphatic rings. The summed E-state index contributed by atoms with van der Waals surface area (Å²) in [5.74, 6) is 0.790. The van der Waals surface area contributed by atoms with Gasteiger partial charge in [-0.15, -0.1) is 0 Å². The van der Waals surface area contributed by atoms with Gasteiger partial charge in [-0.05, 0) is 39.1 Å². The number of aromatic nitrogens is 1. The van der Waals surface area contributed by atoms with Crippen molar-refractivity contribution in [2.24, 2.45) is 5.73 Å². The molecule has 1 atom stereocenters. The van der Waals surface area contributed by atoms with E-state index in [1.807, 2.05) is 12.1 Å². The summed E-state index contributed by atoms with van der Waals surface area (Å²) >= 11 is 0. The second-order valence-corrected chi connectivity index (χ2v) is 5.27. The van der Waals surface area contributed by atoms with Crippen LogP contribution in [0.1, 0.15) is 37.4 Å². The van der Waals surface area contributed by atoms with Gasteiger partial charge >= 0.3 is 0 Å². The Morgan fingerprint density at radius 3 is 2.61 bits per heavy atom. The largest absolute Gasteiger partial charge is 0.495 e. The van der Waals surface area contributed by atoms with Gasteiger partial charge in [0.1, 0.15) is 11.4 Å². The molecule has 0 spiro atoms. The molecule has 0 bridgehead atoms. The molecular weight excluding hydrogens is 226 g/mol. The lowest BCUT2D eigenvalue weighted by Crippen LogP contribution is -2.50. The fraction of sp³-hybridized carbons (Fsp3) is 0.643. The van der Waals surface area contributed by atoms with E-state index in [0.717, 1.165) is 24.3 Å². The molecule has 1 heterocycles. The molecule has 0 radical (unpaired) electrons. The summed E-state index contributed by atoms with van der Waals surface area (Å²) in [4.78, 5) is 6.71. The van der Waals surface area contributed by atoms with E-state index in [0.29, 0.717) is 0 Å². The highest BCUT2D eigenvalue weighted by atomic mass is 16.5. The van der Waals surface area contributed by atoms with E-state index in [4.69, 9.17) is 10.5 Å². The van der Waals surface area contributed by atoms with Gasteiger partial charge in [0.15, 0.2) is 0 Å². The molecule has 2 rings (SSSR count). The number of nitrogens with zero attached hydrogens (tertiary/aromatic N) is 2. The lowest BCUT2D eigenvalue weighted by Gasteiger charge is -2.41.